The molecule has 1 amide bonds. The van der Waals surface area contributed by atoms with Gasteiger partial charge in [0.05, 0.1) is 27.4 Å². The molecule has 0 bridgehead atoms. The van der Waals surface area contributed by atoms with Gasteiger partial charge in [0.1, 0.15) is 19.0 Å². The number of amides is 1. The van der Waals surface area contributed by atoms with Crippen LogP contribution in [0.3, 0.4) is 0 Å². The zero-order valence-electron chi connectivity index (χ0n) is 17.2. The molecule has 5 nitrogen and oxygen atoms in total. The summed E-state index contributed by atoms with van der Waals surface area (Å²) >= 11 is 12.7. The standard InChI is InChI=1S/C24H20Cl2FN3O2/c1-15(24(31)28-18-5-3-2-4-6-18)22-21(16-7-9-19(10-8-16)32-12-11-27)29-23-20(26)13-17(25)14-30(22)23/h2-10,13-15H,11-12H2,1H3,(H,28,31). The molecule has 2 aromatic heterocycles. The van der Waals surface area contributed by atoms with Gasteiger partial charge in [-0.15, -0.1) is 0 Å². The number of halogens is 3. The molecule has 2 heterocycles. The molecule has 0 spiro atoms. The van der Waals surface area contributed by atoms with E-state index in [1.165, 1.54) is 0 Å². The third kappa shape index (κ3) is 4.56. The fraction of sp³-hybridized carbons (Fsp3) is 0.167. The summed E-state index contributed by atoms with van der Waals surface area (Å²) in [5.41, 5.74) is 3.21. The van der Waals surface area contributed by atoms with Crippen LogP contribution in [0.1, 0.15) is 18.5 Å². The van der Waals surface area contributed by atoms with Crippen molar-refractivity contribution in [3.63, 3.8) is 0 Å². The van der Waals surface area contributed by atoms with Crippen molar-refractivity contribution in [2.45, 2.75) is 12.8 Å². The van der Waals surface area contributed by atoms with Gasteiger partial charge in [-0.05, 0) is 49.4 Å². The number of hydrogen-bond acceptors (Lipinski definition) is 3. The molecule has 1 atom stereocenters. The van der Waals surface area contributed by atoms with Crippen molar-refractivity contribution >= 4 is 40.4 Å². The first-order valence-corrected chi connectivity index (χ1v) is 10.8. The highest BCUT2D eigenvalue weighted by molar-refractivity contribution is 6.36. The number of rotatable bonds is 7. The summed E-state index contributed by atoms with van der Waals surface area (Å²) < 4.78 is 19.5. The maximum absolute atomic E-state index is 13.1. The molecule has 1 N–H and O–H groups in total. The number of nitrogens with zero attached hydrogens (tertiary/aromatic N) is 2. The van der Waals surface area contributed by atoms with Gasteiger partial charge in [-0.2, -0.15) is 0 Å². The Morgan fingerprint density at radius 3 is 2.56 bits per heavy atom. The molecule has 0 fully saturated rings. The van der Waals surface area contributed by atoms with Crippen molar-refractivity contribution in [1.82, 2.24) is 9.38 Å². The number of fused-ring (bicyclic) bond motifs is 1. The second kappa shape index (κ2) is 9.59. The predicted octanol–water partition coefficient (Wildman–Crippen LogP) is 6.40. The lowest BCUT2D eigenvalue weighted by Crippen LogP contribution is -2.20. The molecule has 0 saturated heterocycles. The summed E-state index contributed by atoms with van der Waals surface area (Å²) in [6, 6.07) is 18.0. The minimum atomic E-state index is -0.572. The quantitative estimate of drug-likeness (QED) is 0.339. The van der Waals surface area contributed by atoms with E-state index in [2.05, 4.69) is 5.32 Å². The first-order chi connectivity index (χ1) is 15.5. The van der Waals surface area contributed by atoms with Gasteiger partial charge in [-0.25, -0.2) is 9.37 Å². The van der Waals surface area contributed by atoms with Crippen LogP contribution in [-0.2, 0) is 4.79 Å². The van der Waals surface area contributed by atoms with Gasteiger partial charge in [0.2, 0.25) is 5.91 Å². The number of ether oxygens (including phenoxy) is 1. The van der Waals surface area contributed by atoms with Crippen LogP contribution in [0.2, 0.25) is 10.0 Å². The number of aromatic nitrogens is 2. The normalized spacial score (nSPS) is 12.0. The van der Waals surface area contributed by atoms with Gasteiger partial charge >= 0.3 is 0 Å². The lowest BCUT2D eigenvalue weighted by molar-refractivity contribution is -0.117. The number of benzene rings is 2. The van der Waals surface area contributed by atoms with Crippen molar-refractivity contribution in [1.29, 1.82) is 0 Å². The third-order valence-corrected chi connectivity index (χ3v) is 5.48. The van der Waals surface area contributed by atoms with Crippen molar-refractivity contribution < 1.29 is 13.9 Å². The topological polar surface area (TPSA) is 55.6 Å². The molecular weight excluding hydrogens is 452 g/mol. The van der Waals surface area contributed by atoms with E-state index in [1.54, 1.807) is 35.7 Å². The molecule has 2 aromatic carbocycles. The minimum absolute atomic E-state index is 0.0102. The monoisotopic (exact) mass is 471 g/mol. The number of pyridine rings is 1. The minimum Gasteiger partial charge on any atom is -0.491 e. The molecule has 0 saturated carbocycles. The van der Waals surface area contributed by atoms with Gasteiger partial charge in [-0.1, -0.05) is 41.4 Å². The second-order valence-corrected chi connectivity index (χ2v) is 8.03. The largest absolute Gasteiger partial charge is 0.491 e. The van der Waals surface area contributed by atoms with Crippen LogP contribution < -0.4 is 10.1 Å². The van der Waals surface area contributed by atoms with Gasteiger partial charge < -0.3 is 10.1 Å². The van der Waals surface area contributed by atoms with Crippen LogP contribution in [0.5, 0.6) is 5.75 Å². The average Bonchev–Trinajstić information content (AvgIpc) is 3.17. The lowest BCUT2D eigenvalue weighted by atomic mass is 10.0. The highest BCUT2D eigenvalue weighted by Gasteiger charge is 2.26. The fourth-order valence-electron chi connectivity index (χ4n) is 3.48. The number of hydrogen-bond donors (Lipinski definition) is 1. The molecule has 1 unspecified atom stereocenters. The summed E-state index contributed by atoms with van der Waals surface area (Å²) in [6.07, 6.45) is 1.69. The summed E-state index contributed by atoms with van der Waals surface area (Å²) in [5.74, 6) is -0.219. The third-order valence-electron chi connectivity index (χ3n) is 5.00. The van der Waals surface area contributed by atoms with E-state index in [1.807, 2.05) is 42.5 Å². The van der Waals surface area contributed by atoms with Gasteiger partial charge in [0.25, 0.3) is 0 Å². The Bertz CT molecular complexity index is 1240. The van der Waals surface area contributed by atoms with Crippen LogP contribution in [-0.4, -0.2) is 28.6 Å². The van der Waals surface area contributed by atoms with E-state index < -0.39 is 12.6 Å². The fourth-order valence-corrected chi connectivity index (χ4v) is 3.99. The van der Waals surface area contributed by atoms with E-state index in [9.17, 15) is 9.18 Å². The molecular formula is C24H20Cl2FN3O2. The molecule has 0 radical (unpaired) electrons. The average molecular weight is 472 g/mol. The predicted molar refractivity (Wildman–Crippen MR) is 126 cm³/mol. The van der Waals surface area contributed by atoms with Gasteiger partial charge in [0, 0.05) is 17.4 Å². The molecule has 8 heteroatoms. The lowest BCUT2D eigenvalue weighted by Gasteiger charge is -2.15. The van der Waals surface area contributed by atoms with E-state index in [0.717, 1.165) is 5.56 Å². The summed E-state index contributed by atoms with van der Waals surface area (Å²) in [7, 11) is 0. The Morgan fingerprint density at radius 2 is 1.88 bits per heavy atom. The first-order valence-electron chi connectivity index (χ1n) is 10.00. The number of para-hydroxylation sites is 1. The van der Waals surface area contributed by atoms with E-state index in [4.69, 9.17) is 32.9 Å². The van der Waals surface area contributed by atoms with Gasteiger partial charge in [-0.3, -0.25) is 9.20 Å². The Balaban J connectivity index is 1.78. The summed E-state index contributed by atoms with van der Waals surface area (Å²) in [4.78, 5) is 17.8. The molecule has 4 rings (SSSR count). The Hall–Kier alpha value is -3.09. The Morgan fingerprint density at radius 1 is 1.16 bits per heavy atom. The first kappa shape index (κ1) is 22.1. The number of imidazole rings is 1. The van der Waals surface area contributed by atoms with Crippen LogP contribution in [0.4, 0.5) is 10.1 Å². The van der Waals surface area contributed by atoms with Crippen LogP contribution in [0.25, 0.3) is 16.9 Å². The van der Waals surface area contributed by atoms with Crippen molar-refractivity contribution in [3.8, 4) is 17.0 Å². The number of anilines is 1. The second-order valence-electron chi connectivity index (χ2n) is 7.18. The summed E-state index contributed by atoms with van der Waals surface area (Å²) in [6.45, 7) is 1.23. The smallest absolute Gasteiger partial charge is 0.233 e. The van der Waals surface area contributed by atoms with Crippen molar-refractivity contribution in [2.75, 3.05) is 18.6 Å². The van der Waals surface area contributed by atoms with Crippen LogP contribution in [0.15, 0.2) is 66.9 Å². The molecule has 0 aliphatic carbocycles. The molecule has 0 aliphatic heterocycles. The Kier molecular flexibility index (Phi) is 6.63. The number of carbonyl (C=O) groups is 1. The highest BCUT2D eigenvalue weighted by atomic mass is 35.5. The van der Waals surface area contributed by atoms with E-state index in [0.29, 0.717) is 38.5 Å². The molecule has 4 aromatic rings. The summed E-state index contributed by atoms with van der Waals surface area (Å²) in [5, 5.41) is 3.74. The molecule has 164 valence electrons. The van der Waals surface area contributed by atoms with Crippen molar-refractivity contribution in [3.05, 3.63) is 82.6 Å². The van der Waals surface area contributed by atoms with E-state index >= 15 is 0 Å². The number of carbonyl (C=O) groups excluding carboxylic acids is 1. The maximum atomic E-state index is 13.1. The maximum Gasteiger partial charge on any atom is 0.233 e. The zero-order valence-corrected chi connectivity index (χ0v) is 18.7. The highest BCUT2D eigenvalue weighted by Crippen LogP contribution is 2.35. The molecule has 32 heavy (non-hydrogen) atoms. The van der Waals surface area contributed by atoms with Crippen molar-refractivity contribution in [2.24, 2.45) is 0 Å². The zero-order chi connectivity index (χ0) is 22.7. The SMILES string of the molecule is CC(C(=O)Nc1ccccc1)c1c(-c2ccc(OCCF)cc2)nc2c(Cl)cc(Cl)cn12. The van der Waals surface area contributed by atoms with E-state index in [-0.39, 0.29) is 12.5 Å². The molecule has 0 aliphatic rings. The van der Waals surface area contributed by atoms with Crippen LogP contribution >= 0.6 is 23.2 Å². The van der Waals surface area contributed by atoms with Gasteiger partial charge in [0.15, 0.2) is 5.65 Å². The number of nitrogens with one attached hydrogen (secondary N) is 1. The van der Waals surface area contributed by atoms with Crippen LogP contribution in [0, 0.1) is 0 Å². The Labute approximate surface area is 194 Å². The number of alkyl halides is 1.